The van der Waals surface area contributed by atoms with Gasteiger partial charge in [0.15, 0.2) is 0 Å². The molecule has 0 saturated carbocycles. The minimum absolute atomic E-state index is 0.347. The average Bonchev–Trinajstić information content (AvgIpc) is 2.52. The highest BCUT2D eigenvalue weighted by Gasteiger charge is 2.02. The minimum atomic E-state index is 0.347. The van der Waals surface area contributed by atoms with Crippen LogP contribution in [0.5, 0.6) is 0 Å². The van der Waals surface area contributed by atoms with E-state index in [1.807, 2.05) is 0 Å². The molecule has 0 aliphatic rings. The van der Waals surface area contributed by atoms with Crippen molar-refractivity contribution in [1.82, 2.24) is 10.2 Å². The SMILES string of the molecule is C=CN=C(C=C)c1nnco1. The number of aliphatic imine (C=N–C) groups is 1. The lowest BCUT2D eigenvalue weighted by atomic mass is 10.4. The Hall–Kier alpha value is -1.71. The number of hydrogen-bond acceptors (Lipinski definition) is 4. The second-order valence-corrected chi connectivity index (χ2v) is 1.64. The van der Waals surface area contributed by atoms with Gasteiger partial charge >= 0.3 is 0 Å². The molecule has 0 radical (unpaired) electrons. The van der Waals surface area contributed by atoms with Gasteiger partial charge in [0.1, 0.15) is 5.71 Å². The summed E-state index contributed by atoms with van der Waals surface area (Å²) in [6.45, 7) is 6.96. The van der Waals surface area contributed by atoms with Crippen molar-refractivity contribution in [2.24, 2.45) is 4.99 Å². The van der Waals surface area contributed by atoms with Crippen LogP contribution >= 0.6 is 0 Å². The Morgan fingerprint density at radius 3 is 2.91 bits per heavy atom. The van der Waals surface area contributed by atoms with E-state index in [-0.39, 0.29) is 0 Å². The van der Waals surface area contributed by atoms with Crippen LogP contribution in [0.1, 0.15) is 5.89 Å². The summed E-state index contributed by atoms with van der Waals surface area (Å²) in [7, 11) is 0. The first-order valence-corrected chi connectivity index (χ1v) is 2.96. The Kier molecular flexibility index (Phi) is 2.32. The minimum Gasteiger partial charge on any atom is -0.422 e. The second-order valence-electron chi connectivity index (χ2n) is 1.64. The maximum atomic E-state index is 4.87. The van der Waals surface area contributed by atoms with Crippen LogP contribution in [0.4, 0.5) is 0 Å². The zero-order chi connectivity index (χ0) is 8.10. The van der Waals surface area contributed by atoms with E-state index in [0.717, 1.165) is 0 Å². The molecule has 0 aromatic carbocycles. The molecule has 0 atom stereocenters. The largest absolute Gasteiger partial charge is 0.422 e. The van der Waals surface area contributed by atoms with Gasteiger partial charge in [0, 0.05) is 6.20 Å². The molecule has 0 fully saturated rings. The molecule has 0 amide bonds. The molecule has 0 saturated heterocycles. The van der Waals surface area contributed by atoms with Crippen molar-refractivity contribution in [3.63, 3.8) is 0 Å². The van der Waals surface area contributed by atoms with E-state index in [1.54, 1.807) is 0 Å². The Labute approximate surface area is 64.0 Å². The lowest BCUT2D eigenvalue weighted by Crippen LogP contribution is -1.95. The maximum absolute atomic E-state index is 4.87. The van der Waals surface area contributed by atoms with Crippen LogP contribution in [0.2, 0.25) is 0 Å². The van der Waals surface area contributed by atoms with Gasteiger partial charge < -0.3 is 4.42 Å². The first-order chi connectivity index (χ1) is 5.38. The smallest absolute Gasteiger partial charge is 0.266 e. The molecule has 1 rings (SSSR count). The molecule has 56 valence electrons. The molecular weight excluding hydrogens is 142 g/mol. The zero-order valence-electron chi connectivity index (χ0n) is 5.90. The number of nitrogens with zero attached hydrogens (tertiary/aromatic N) is 3. The van der Waals surface area contributed by atoms with E-state index >= 15 is 0 Å². The Bertz CT molecular complexity index is 274. The van der Waals surface area contributed by atoms with Crippen molar-refractivity contribution < 1.29 is 4.42 Å². The lowest BCUT2D eigenvalue weighted by Gasteiger charge is -1.88. The summed E-state index contributed by atoms with van der Waals surface area (Å²) in [6, 6.07) is 0. The molecule has 1 heterocycles. The Balaban J connectivity index is 2.97. The fourth-order valence-corrected chi connectivity index (χ4v) is 0.578. The third kappa shape index (κ3) is 1.61. The third-order valence-corrected chi connectivity index (χ3v) is 1.00. The molecule has 1 aromatic rings. The van der Waals surface area contributed by atoms with Gasteiger partial charge in [0.2, 0.25) is 6.39 Å². The molecule has 0 aliphatic heterocycles. The van der Waals surface area contributed by atoms with Gasteiger partial charge in [-0.2, -0.15) is 0 Å². The standard InChI is InChI=1S/C7H7N3O/c1-3-6(8-4-2)7-10-9-5-11-7/h3-5H,1-2H2. The predicted molar refractivity (Wildman–Crippen MR) is 41.2 cm³/mol. The van der Waals surface area contributed by atoms with Gasteiger partial charge in [-0.3, -0.25) is 4.99 Å². The van der Waals surface area contributed by atoms with Crippen LogP contribution in [0.15, 0.2) is 41.2 Å². The second kappa shape index (κ2) is 3.46. The first kappa shape index (κ1) is 7.40. The zero-order valence-corrected chi connectivity index (χ0v) is 5.90. The van der Waals surface area contributed by atoms with Crippen molar-refractivity contribution in [1.29, 1.82) is 0 Å². The molecule has 11 heavy (non-hydrogen) atoms. The molecule has 4 heteroatoms. The summed E-state index contributed by atoms with van der Waals surface area (Å²) >= 11 is 0. The molecule has 0 unspecified atom stereocenters. The third-order valence-electron chi connectivity index (χ3n) is 1.00. The van der Waals surface area contributed by atoms with Gasteiger partial charge in [0.05, 0.1) is 0 Å². The highest BCUT2D eigenvalue weighted by molar-refractivity contribution is 6.05. The van der Waals surface area contributed by atoms with Gasteiger partial charge in [0.25, 0.3) is 5.89 Å². The van der Waals surface area contributed by atoms with E-state index in [9.17, 15) is 0 Å². The summed E-state index contributed by atoms with van der Waals surface area (Å²) in [6.07, 6.45) is 4.15. The predicted octanol–water partition coefficient (Wildman–Crippen LogP) is 1.19. The fourth-order valence-electron chi connectivity index (χ4n) is 0.578. The first-order valence-electron chi connectivity index (χ1n) is 2.96. The highest BCUT2D eigenvalue weighted by Crippen LogP contribution is 1.96. The van der Waals surface area contributed by atoms with E-state index in [4.69, 9.17) is 4.42 Å². The molecule has 0 spiro atoms. The quantitative estimate of drug-likeness (QED) is 0.606. The van der Waals surface area contributed by atoms with E-state index in [2.05, 4.69) is 28.3 Å². The monoisotopic (exact) mass is 149 g/mol. The van der Waals surface area contributed by atoms with Crippen LogP contribution in [-0.2, 0) is 0 Å². The van der Waals surface area contributed by atoms with Gasteiger partial charge in [-0.1, -0.05) is 13.2 Å². The Morgan fingerprint density at radius 2 is 2.45 bits per heavy atom. The summed E-state index contributed by atoms with van der Waals surface area (Å²) < 4.78 is 4.87. The Morgan fingerprint density at radius 1 is 1.64 bits per heavy atom. The van der Waals surface area contributed by atoms with Crippen LogP contribution in [0.25, 0.3) is 0 Å². The topological polar surface area (TPSA) is 51.3 Å². The summed E-state index contributed by atoms with van der Waals surface area (Å²) in [5, 5.41) is 7.13. The van der Waals surface area contributed by atoms with Crippen molar-refractivity contribution >= 4 is 5.71 Å². The summed E-state index contributed by atoms with van der Waals surface area (Å²) in [4.78, 5) is 3.85. The van der Waals surface area contributed by atoms with Gasteiger partial charge in [-0.15, -0.1) is 10.2 Å². The van der Waals surface area contributed by atoms with Crippen molar-refractivity contribution in [2.75, 3.05) is 0 Å². The van der Waals surface area contributed by atoms with Gasteiger partial charge in [-0.05, 0) is 6.08 Å². The van der Waals surface area contributed by atoms with E-state index in [1.165, 1.54) is 18.7 Å². The van der Waals surface area contributed by atoms with Crippen LogP contribution in [0, 0.1) is 0 Å². The number of hydrogen-bond donors (Lipinski definition) is 0. The number of rotatable bonds is 3. The molecule has 0 bridgehead atoms. The van der Waals surface area contributed by atoms with Crippen LogP contribution in [0.3, 0.4) is 0 Å². The lowest BCUT2D eigenvalue weighted by molar-refractivity contribution is 0.544. The normalized spacial score (nSPS) is 11.1. The average molecular weight is 149 g/mol. The van der Waals surface area contributed by atoms with Crippen molar-refractivity contribution in [3.8, 4) is 0 Å². The summed E-state index contributed by atoms with van der Waals surface area (Å²) in [5.74, 6) is 0.347. The fraction of sp³-hybridized carbons (Fsp3) is 0. The summed E-state index contributed by atoms with van der Waals surface area (Å²) in [5.41, 5.74) is 0.525. The maximum Gasteiger partial charge on any atom is 0.266 e. The van der Waals surface area contributed by atoms with Gasteiger partial charge in [-0.25, -0.2) is 0 Å². The molecular formula is C7H7N3O. The molecule has 4 nitrogen and oxygen atoms in total. The number of allylic oxidation sites excluding steroid dienone is 1. The molecule has 0 N–H and O–H groups in total. The van der Waals surface area contributed by atoms with Crippen molar-refractivity contribution in [2.45, 2.75) is 0 Å². The van der Waals surface area contributed by atoms with Crippen LogP contribution in [-0.4, -0.2) is 15.9 Å². The van der Waals surface area contributed by atoms with E-state index in [0.29, 0.717) is 11.6 Å². The molecule has 1 aromatic heterocycles. The van der Waals surface area contributed by atoms with Crippen LogP contribution < -0.4 is 0 Å². The number of aromatic nitrogens is 2. The highest BCUT2D eigenvalue weighted by atomic mass is 16.4. The van der Waals surface area contributed by atoms with Crippen molar-refractivity contribution in [3.05, 3.63) is 37.7 Å². The van der Waals surface area contributed by atoms with E-state index < -0.39 is 0 Å². The molecule has 0 aliphatic carbocycles.